The lowest BCUT2D eigenvalue weighted by Gasteiger charge is -2.14. The molecular formula is C11H11ClFNO4. The van der Waals surface area contributed by atoms with Crippen molar-refractivity contribution in [2.24, 2.45) is 0 Å². The molecule has 1 aromatic rings. The molecule has 18 heavy (non-hydrogen) atoms. The summed E-state index contributed by atoms with van der Waals surface area (Å²) in [7, 11) is 0. The molecule has 0 aliphatic rings. The summed E-state index contributed by atoms with van der Waals surface area (Å²) < 4.78 is 13.4. The summed E-state index contributed by atoms with van der Waals surface area (Å²) in [6.07, 6.45) is -0.173. The number of aliphatic hydroxyl groups is 1. The summed E-state index contributed by atoms with van der Waals surface area (Å²) in [4.78, 5) is 22.5. The molecular weight excluding hydrogens is 265 g/mol. The summed E-state index contributed by atoms with van der Waals surface area (Å²) in [5.41, 5.74) is -0.414. The molecule has 0 heterocycles. The third-order valence-electron chi connectivity index (χ3n) is 2.21. The first kappa shape index (κ1) is 14.4. The fourth-order valence-corrected chi connectivity index (χ4v) is 1.58. The molecule has 0 aliphatic carbocycles. The summed E-state index contributed by atoms with van der Waals surface area (Å²) in [6.45, 7) is -0.414. The fraction of sp³-hybridized carbons (Fsp3) is 0.273. The van der Waals surface area contributed by atoms with E-state index in [9.17, 15) is 14.0 Å². The van der Waals surface area contributed by atoms with E-state index in [4.69, 9.17) is 21.8 Å². The van der Waals surface area contributed by atoms with Crippen molar-refractivity contribution in [1.82, 2.24) is 5.32 Å². The summed E-state index contributed by atoms with van der Waals surface area (Å²) in [5, 5.41) is 19.4. The largest absolute Gasteiger partial charge is 0.480 e. The maximum atomic E-state index is 13.4. The first-order valence-electron chi connectivity index (χ1n) is 5.06. The van der Waals surface area contributed by atoms with Gasteiger partial charge in [-0.15, -0.1) is 0 Å². The van der Waals surface area contributed by atoms with Gasteiger partial charge in [0.2, 0.25) is 0 Å². The fourth-order valence-electron chi connectivity index (χ4n) is 1.33. The predicted octanol–water partition coefficient (Wildman–Crippen LogP) is 1.04. The quantitative estimate of drug-likeness (QED) is 0.749. The molecule has 1 atom stereocenters. The molecule has 3 N–H and O–H groups in total. The van der Waals surface area contributed by atoms with E-state index in [1.54, 1.807) is 0 Å². The van der Waals surface area contributed by atoms with Crippen molar-refractivity contribution in [1.29, 1.82) is 0 Å². The maximum Gasteiger partial charge on any atom is 0.326 e. The highest BCUT2D eigenvalue weighted by molar-refractivity contribution is 6.33. The number of carbonyl (C=O) groups excluding carboxylic acids is 1. The number of nitrogens with one attached hydrogen (secondary N) is 1. The van der Waals surface area contributed by atoms with E-state index in [1.807, 2.05) is 0 Å². The van der Waals surface area contributed by atoms with Crippen LogP contribution in [0.3, 0.4) is 0 Å². The molecule has 0 bridgehead atoms. The average Bonchev–Trinajstić information content (AvgIpc) is 2.28. The molecule has 98 valence electrons. The van der Waals surface area contributed by atoms with Crippen LogP contribution in [-0.2, 0) is 4.79 Å². The van der Waals surface area contributed by atoms with E-state index in [0.29, 0.717) is 0 Å². The Morgan fingerprint density at radius 3 is 2.61 bits per heavy atom. The molecule has 0 aliphatic heterocycles. The van der Waals surface area contributed by atoms with E-state index in [1.165, 1.54) is 12.1 Å². The smallest absolute Gasteiger partial charge is 0.326 e. The topological polar surface area (TPSA) is 86.6 Å². The number of aliphatic hydroxyl groups excluding tert-OH is 1. The Balaban J connectivity index is 2.90. The lowest BCUT2D eigenvalue weighted by molar-refractivity contribution is -0.139. The predicted molar refractivity (Wildman–Crippen MR) is 62.0 cm³/mol. The van der Waals surface area contributed by atoms with Gasteiger partial charge in [-0.1, -0.05) is 17.7 Å². The van der Waals surface area contributed by atoms with Crippen molar-refractivity contribution >= 4 is 23.5 Å². The first-order valence-corrected chi connectivity index (χ1v) is 5.43. The van der Waals surface area contributed by atoms with Crippen LogP contribution >= 0.6 is 11.6 Å². The van der Waals surface area contributed by atoms with Gasteiger partial charge in [0.25, 0.3) is 5.91 Å². The number of hydrogen-bond donors (Lipinski definition) is 3. The Labute approximate surface area is 107 Å². The molecule has 7 heteroatoms. The molecule has 1 aromatic carbocycles. The van der Waals surface area contributed by atoms with Gasteiger partial charge in [-0.2, -0.15) is 0 Å². The van der Waals surface area contributed by atoms with Crippen molar-refractivity contribution in [2.75, 3.05) is 6.61 Å². The Morgan fingerprint density at radius 1 is 1.44 bits per heavy atom. The van der Waals surface area contributed by atoms with E-state index >= 15 is 0 Å². The number of carboxylic acid groups (broad SMARTS) is 1. The second-order valence-electron chi connectivity index (χ2n) is 3.47. The monoisotopic (exact) mass is 275 g/mol. The summed E-state index contributed by atoms with van der Waals surface area (Å²) in [5.74, 6) is -3.09. The van der Waals surface area contributed by atoms with Gasteiger partial charge in [0.1, 0.15) is 11.9 Å². The van der Waals surface area contributed by atoms with Gasteiger partial charge in [0.05, 0.1) is 10.6 Å². The van der Waals surface area contributed by atoms with Crippen LogP contribution in [0.15, 0.2) is 18.2 Å². The number of aliphatic carboxylic acids is 1. The molecule has 1 amide bonds. The van der Waals surface area contributed by atoms with Crippen LogP contribution in [0.25, 0.3) is 0 Å². The summed E-state index contributed by atoms with van der Waals surface area (Å²) in [6, 6.07) is 2.40. The highest BCUT2D eigenvalue weighted by atomic mass is 35.5. The second-order valence-corrected chi connectivity index (χ2v) is 3.88. The Kier molecular flexibility index (Phi) is 5.06. The molecule has 5 nitrogen and oxygen atoms in total. The zero-order valence-corrected chi connectivity index (χ0v) is 9.95. The average molecular weight is 276 g/mol. The maximum absolute atomic E-state index is 13.4. The molecule has 0 saturated heterocycles. The van der Waals surface area contributed by atoms with Crippen LogP contribution in [0.2, 0.25) is 5.02 Å². The van der Waals surface area contributed by atoms with Crippen molar-refractivity contribution in [3.63, 3.8) is 0 Å². The highest BCUT2D eigenvalue weighted by Gasteiger charge is 2.23. The van der Waals surface area contributed by atoms with Crippen LogP contribution in [0.4, 0.5) is 4.39 Å². The van der Waals surface area contributed by atoms with Gasteiger partial charge in [0.15, 0.2) is 0 Å². The van der Waals surface area contributed by atoms with Crippen LogP contribution in [0.5, 0.6) is 0 Å². The van der Waals surface area contributed by atoms with Gasteiger partial charge in [-0.3, -0.25) is 4.79 Å². The Morgan fingerprint density at radius 2 is 2.11 bits per heavy atom. The van der Waals surface area contributed by atoms with Crippen molar-refractivity contribution in [2.45, 2.75) is 12.5 Å². The van der Waals surface area contributed by atoms with Crippen LogP contribution in [0.1, 0.15) is 16.8 Å². The third kappa shape index (κ3) is 3.41. The van der Waals surface area contributed by atoms with Gasteiger partial charge >= 0.3 is 5.97 Å². The molecule has 0 aromatic heterocycles. The Hall–Kier alpha value is -1.66. The molecule has 0 saturated carbocycles. The minimum atomic E-state index is -1.31. The molecule has 1 rings (SSSR count). The SMILES string of the molecule is O=C(NC(CCO)C(=O)O)c1c(F)cccc1Cl. The van der Waals surface area contributed by atoms with E-state index in [0.717, 1.165) is 6.07 Å². The third-order valence-corrected chi connectivity index (χ3v) is 2.53. The standard InChI is InChI=1S/C11H11ClFNO4/c12-6-2-1-3-7(13)9(6)10(16)14-8(4-5-15)11(17)18/h1-3,8,15H,4-5H2,(H,14,16)(H,17,18). The number of amides is 1. The highest BCUT2D eigenvalue weighted by Crippen LogP contribution is 2.18. The molecule has 0 radical (unpaired) electrons. The van der Waals surface area contributed by atoms with Crippen LogP contribution < -0.4 is 5.32 Å². The van der Waals surface area contributed by atoms with Gasteiger partial charge < -0.3 is 15.5 Å². The van der Waals surface area contributed by atoms with Gasteiger partial charge in [0, 0.05) is 13.0 Å². The van der Waals surface area contributed by atoms with Crippen LogP contribution in [-0.4, -0.2) is 34.7 Å². The zero-order chi connectivity index (χ0) is 13.7. The first-order chi connectivity index (χ1) is 8.47. The lowest BCUT2D eigenvalue weighted by atomic mass is 10.1. The molecule has 0 fully saturated rings. The second kappa shape index (κ2) is 6.32. The lowest BCUT2D eigenvalue weighted by Crippen LogP contribution is -2.41. The number of carbonyl (C=O) groups is 2. The number of halogens is 2. The zero-order valence-electron chi connectivity index (χ0n) is 9.19. The molecule has 0 spiro atoms. The van der Waals surface area contributed by atoms with E-state index in [2.05, 4.69) is 5.32 Å². The summed E-state index contributed by atoms with van der Waals surface area (Å²) >= 11 is 5.67. The van der Waals surface area contributed by atoms with E-state index in [-0.39, 0.29) is 11.4 Å². The van der Waals surface area contributed by atoms with Crippen molar-refractivity contribution in [3.05, 3.63) is 34.6 Å². The minimum absolute atomic E-state index is 0.111. The van der Waals surface area contributed by atoms with Gasteiger partial charge in [-0.25, -0.2) is 9.18 Å². The normalized spacial score (nSPS) is 11.9. The number of hydrogen-bond acceptors (Lipinski definition) is 3. The van der Waals surface area contributed by atoms with Crippen molar-refractivity contribution in [3.8, 4) is 0 Å². The van der Waals surface area contributed by atoms with Crippen molar-refractivity contribution < 1.29 is 24.2 Å². The number of rotatable bonds is 5. The number of carboxylic acids is 1. The van der Waals surface area contributed by atoms with Crippen LogP contribution in [0, 0.1) is 5.82 Å². The van der Waals surface area contributed by atoms with Gasteiger partial charge in [-0.05, 0) is 12.1 Å². The molecule has 1 unspecified atom stereocenters. The number of benzene rings is 1. The minimum Gasteiger partial charge on any atom is -0.480 e. The van der Waals surface area contributed by atoms with E-state index < -0.39 is 35.9 Å². The Bertz CT molecular complexity index is 446.